The predicted octanol–water partition coefficient (Wildman–Crippen LogP) is 6.12. The van der Waals surface area contributed by atoms with E-state index in [2.05, 4.69) is 5.32 Å². The van der Waals surface area contributed by atoms with Crippen molar-refractivity contribution in [2.75, 3.05) is 12.3 Å². The van der Waals surface area contributed by atoms with Gasteiger partial charge in [-0.25, -0.2) is 4.39 Å². The largest absolute Gasteiger partial charge is 0.481 e. The standard InChI is InChI=1S/C29H30ClFN2O4/c1-3-4-22(18-5-7-20(8-6-18)29(37)33-14-13-25(34)35)26(19-9-11-21(30)12-10-19)28(36)23-15-17(2)16-24(31)27(23)32/h5-12,15-16,22,26H,3-4,13-14,32H2,1-2H3,(H,33,37)(H,34,35)/t22-,26?/m1/s1. The summed E-state index contributed by atoms with van der Waals surface area (Å²) in [7, 11) is 0. The van der Waals surface area contributed by atoms with Gasteiger partial charge in [-0.3, -0.25) is 14.4 Å². The Bertz CT molecular complexity index is 1280. The second-order valence-electron chi connectivity index (χ2n) is 9.02. The molecule has 1 amide bonds. The van der Waals surface area contributed by atoms with E-state index in [-0.39, 0.29) is 41.8 Å². The minimum absolute atomic E-state index is 0.0238. The van der Waals surface area contributed by atoms with Crippen LogP contribution in [0, 0.1) is 12.7 Å². The van der Waals surface area contributed by atoms with Gasteiger partial charge >= 0.3 is 5.97 Å². The quantitative estimate of drug-likeness (QED) is 0.206. The molecule has 0 aliphatic carbocycles. The van der Waals surface area contributed by atoms with Crippen LogP contribution in [-0.2, 0) is 4.79 Å². The van der Waals surface area contributed by atoms with Crippen molar-refractivity contribution >= 4 is 34.9 Å². The number of nitrogen functional groups attached to an aromatic ring is 1. The summed E-state index contributed by atoms with van der Waals surface area (Å²) < 4.78 is 14.5. The highest BCUT2D eigenvalue weighted by Gasteiger charge is 2.33. The second-order valence-corrected chi connectivity index (χ2v) is 9.45. The van der Waals surface area contributed by atoms with E-state index in [1.807, 2.05) is 6.92 Å². The Kier molecular flexibility index (Phi) is 9.42. The summed E-state index contributed by atoms with van der Waals surface area (Å²) in [6, 6.07) is 16.8. The van der Waals surface area contributed by atoms with Crippen LogP contribution < -0.4 is 11.1 Å². The first kappa shape index (κ1) is 27.9. The predicted molar refractivity (Wildman–Crippen MR) is 143 cm³/mol. The summed E-state index contributed by atoms with van der Waals surface area (Å²) in [4.78, 5) is 37.1. The minimum Gasteiger partial charge on any atom is -0.481 e. The number of nitrogens with two attached hydrogens (primary N) is 1. The third-order valence-corrected chi connectivity index (χ3v) is 6.53. The number of ketones is 1. The maximum Gasteiger partial charge on any atom is 0.305 e. The molecule has 0 spiro atoms. The molecule has 0 bridgehead atoms. The molecule has 37 heavy (non-hydrogen) atoms. The van der Waals surface area contributed by atoms with Crippen molar-refractivity contribution in [3.05, 3.63) is 99.3 Å². The van der Waals surface area contributed by atoms with Crippen LogP contribution in [0.4, 0.5) is 10.1 Å². The molecule has 4 N–H and O–H groups in total. The van der Waals surface area contributed by atoms with E-state index in [1.54, 1.807) is 61.5 Å². The number of Topliss-reactive ketones (excluding diaryl/α,β-unsaturated/α-hetero) is 1. The van der Waals surface area contributed by atoms with Crippen molar-refractivity contribution in [3.8, 4) is 0 Å². The SMILES string of the molecule is CCC[C@H](c1ccc(C(=O)NCCC(=O)O)cc1)C(C(=O)c1cc(C)cc(F)c1N)c1ccc(Cl)cc1. The van der Waals surface area contributed by atoms with Gasteiger partial charge in [0, 0.05) is 22.7 Å². The molecule has 0 aliphatic rings. The zero-order chi connectivity index (χ0) is 27.1. The van der Waals surface area contributed by atoms with Gasteiger partial charge in [-0.05, 0) is 72.4 Å². The molecule has 2 atom stereocenters. The zero-order valence-electron chi connectivity index (χ0n) is 20.8. The van der Waals surface area contributed by atoms with Crippen molar-refractivity contribution in [1.29, 1.82) is 0 Å². The number of carboxylic acids is 1. The Balaban J connectivity index is 2.02. The monoisotopic (exact) mass is 524 g/mol. The van der Waals surface area contributed by atoms with Crippen LogP contribution in [0.3, 0.4) is 0 Å². The van der Waals surface area contributed by atoms with Crippen molar-refractivity contribution < 1.29 is 23.9 Å². The molecule has 0 radical (unpaired) electrons. The van der Waals surface area contributed by atoms with E-state index < -0.39 is 17.7 Å². The number of anilines is 1. The van der Waals surface area contributed by atoms with Crippen molar-refractivity contribution in [2.24, 2.45) is 0 Å². The Morgan fingerprint density at radius 3 is 2.24 bits per heavy atom. The maximum absolute atomic E-state index is 14.5. The number of rotatable bonds is 11. The van der Waals surface area contributed by atoms with Crippen molar-refractivity contribution in [2.45, 2.75) is 44.9 Å². The number of nitrogens with one attached hydrogen (secondary N) is 1. The van der Waals surface area contributed by atoms with Gasteiger partial charge in [-0.15, -0.1) is 0 Å². The molecule has 1 unspecified atom stereocenters. The van der Waals surface area contributed by atoms with Gasteiger partial charge in [0.25, 0.3) is 5.91 Å². The number of hydrogen-bond acceptors (Lipinski definition) is 4. The zero-order valence-corrected chi connectivity index (χ0v) is 21.5. The summed E-state index contributed by atoms with van der Waals surface area (Å²) in [5.74, 6) is -3.26. The molecule has 3 aromatic rings. The Morgan fingerprint density at radius 2 is 1.65 bits per heavy atom. The molecule has 0 aromatic heterocycles. The highest BCUT2D eigenvalue weighted by atomic mass is 35.5. The number of hydrogen-bond donors (Lipinski definition) is 3. The number of carboxylic acid groups (broad SMARTS) is 1. The fourth-order valence-electron chi connectivity index (χ4n) is 4.46. The number of carbonyl (C=O) groups excluding carboxylic acids is 2. The lowest BCUT2D eigenvalue weighted by molar-refractivity contribution is -0.136. The first-order valence-electron chi connectivity index (χ1n) is 12.1. The first-order chi connectivity index (χ1) is 17.6. The number of aliphatic carboxylic acids is 1. The number of halogens is 2. The number of carbonyl (C=O) groups is 3. The summed E-state index contributed by atoms with van der Waals surface area (Å²) in [5, 5.41) is 11.9. The van der Waals surface area contributed by atoms with Crippen molar-refractivity contribution in [3.63, 3.8) is 0 Å². The number of amides is 1. The fraction of sp³-hybridized carbons (Fsp3) is 0.276. The molecule has 8 heteroatoms. The topological polar surface area (TPSA) is 109 Å². The molecule has 0 fully saturated rings. The second kappa shape index (κ2) is 12.5. The van der Waals surface area contributed by atoms with E-state index in [4.69, 9.17) is 22.4 Å². The van der Waals surface area contributed by atoms with Crippen LogP contribution in [0.1, 0.15) is 75.4 Å². The summed E-state index contributed by atoms with van der Waals surface area (Å²) in [6.07, 6.45) is 1.25. The number of aryl methyl sites for hydroxylation is 1. The van der Waals surface area contributed by atoms with Crippen LogP contribution in [0.5, 0.6) is 0 Å². The van der Waals surface area contributed by atoms with Gasteiger partial charge in [0.1, 0.15) is 5.82 Å². The lowest BCUT2D eigenvalue weighted by Gasteiger charge is -2.28. The molecule has 6 nitrogen and oxygen atoms in total. The Morgan fingerprint density at radius 1 is 1.03 bits per heavy atom. The first-order valence-corrected chi connectivity index (χ1v) is 12.4. The molecule has 0 aliphatic heterocycles. The van der Waals surface area contributed by atoms with E-state index >= 15 is 0 Å². The molecule has 0 saturated carbocycles. The molecule has 0 heterocycles. The van der Waals surface area contributed by atoms with Crippen LogP contribution in [0.2, 0.25) is 5.02 Å². The highest BCUT2D eigenvalue weighted by Crippen LogP contribution is 2.40. The average molecular weight is 525 g/mol. The third kappa shape index (κ3) is 6.95. The maximum atomic E-state index is 14.5. The minimum atomic E-state index is -0.995. The highest BCUT2D eigenvalue weighted by molar-refractivity contribution is 6.30. The van der Waals surface area contributed by atoms with Crippen molar-refractivity contribution in [1.82, 2.24) is 5.32 Å². The third-order valence-electron chi connectivity index (χ3n) is 6.28. The van der Waals surface area contributed by atoms with E-state index in [0.29, 0.717) is 22.6 Å². The van der Waals surface area contributed by atoms with Gasteiger partial charge < -0.3 is 16.2 Å². The van der Waals surface area contributed by atoms with Crippen LogP contribution in [0.15, 0.2) is 60.7 Å². The van der Waals surface area contributed by atoms with E-state index in [0.717, 1.165) is 17.5 Å². The molecular formula is C29H30ClFN2O4. The summed E-state index contributed by atoms with van der Waals surface area (Å²) >= 11 is 6.11. The van der Waals surface area contributed by atoms with Crippen LogP contribution in [0.25, 0.3) is 0 Å². The lowest BCUT2D eigenvalue weighted by Crippen LogP contribution is -2.26. The molecular weight excluding hydrogens is 495 g/mol. The van der Waals surface area contributed by atoms with Crippen LogP contribution >= 0.6 is 11.6 Å². The summed E-state index contributed by atoms with van der Waals surface area (Å²) in [6.45, 7) is 3.75. The van der Waals surface area contributed by atoms with E-state index in [9.17, 15) is 18.8 Å². The molecule has 3 rings (SSSR count). The summed E-state index contributed by atoms with van der Waals surface area (Å²) in [5.41, 5.74) is 8.50. The van der Waals surface area contributed by atoms with Crippen LogP contribution in [-0.4, -0.2) is 29.3 Å². The average Bonchev–Trinajstić information content (AvgIpc) is 2.86. The Labute approximate surface area is 220 Å². The van der Waals surface area contributed by atoms with E-state index in [1.165, 1.54) is 6.07 Å². The normalized spacial score (nSPS) is 12.5. The molecule has 194 valence electrons. The van der Waals surface area contributed by atoms with Gasteiger partial charge in [-0.2, -0.15) is 0 Å². The smallest absolute Gasteiger partial charge is 0.305 e. The fourth-order valence-corrected chi connectivity index (χ4v) is 4.59. The Hall–Kier alpha value is -3.71. The van der Waals surface area contributed by atoms with Gasteiger partial charge in [0.05, 0.1) is 18.0 Å². The van der Waals surface area contributed by atoms with Gasteiger partial charge in [0.2, 0.25) is 0 Å². The van der Waals surface area contributed by atoms with Gasteiger partial charge in [-0.1, -0.05) is 49.2 Å². The molecule has 0 saturated heterocycles. The lowest BCUT2D eigenvalue weighted by atomic mass is 9.74. The van der Waals surface area contributed by atoms with Gasteiger partial charge in [0.15, 0.2) is 5.78 Å². The molecule has 3 aromatic carbocycles. The number of benzene rings is 3.